The molecule has 4 heterocycles. The number of hydrogen-bond donors (Lipinski definition) is 1. The van der Waals surface area contributed by atoms with Gasteiger partial charge in [-0.2, -0.15) is 0 Å². The number of carbonyl (C=O) groups excluding carboxylic acids is 4. The second kappa shape index (κ2) is 14.8. The fourth-order valence-electron chi connectivity index (χ4n) is 6.78. The summed E-state index contributed by atoms with van der Waals surface area (Å²) in [5.41, 5.74) is 1.41. The SMILES string of the molecule is CC1CC(=O)N(CCCC(=O)Oc2ccccc2N(C)C(=O)Oc2cc3c(=O)n(CCN(C)C)c4c5cc6c(cc5ncc4c3cc2CO)OCO6)C1=O. The Morgan fingerprint density at radius 1 is 0.926 bits per heavy atom. The van der Waals surface area contributed by atoms with E-state index in [2.05, 4.69) is 4.98 Å². The summed E-state index contributed by atoms with van der Waals surface area (Å²) in [5.74, 6) is -0.317. The highest BCUT2D eigenvalue weighted by atomic mass is 16.7. The molecule has 1 unspecified atom stereocenters. The highest BCUT2D eigenvalue weighted by Crippen LogP contribution is 2.39. The molecule has 15 nitrogen and oxygen atoms in total. The van der Waals surface area contributed by atoms with Crippen molar-refractivity contribution in [1.82, 2.24) is 19.4 Å². The zero-order valence-electron chi connectivity index (χ0n) is 30.3. The van der Waals surface area contributed by atoms with Crippen molar-refractivity contribution in [2.45, 2.75) is 39.3 Å². The molecule has 3 amide bonds. The molecule has 2 aliphatic heterocycles. The molecule has 0 bridgehead atoms. The minimum atomic E-state index is -0.870. The Hall–Kier alpha value is -6.06. The molecule has 7 rings (SSSR count). The van der Waals surface area contributed by atoms with Gasteiger partial charge < -0.3 is 33.5 Å². The van der Waals surface area contributed by atoms with E-state index < -0.39 is 18.7 Å². The third-order valence-corrected chi connectivity index (χ3v) is 9.66. The number of amides is 3. The number of aromatic nitrogens is 2. The fourth-order valence-corrected chi connectivity index (χ4v) is 6.78. The van der Waals surface area contributed by atoms with Crippen molar-refractivity contribution in [1.29, 1.82) is 0 Å². The molecule has 1 fully saturated rings. The summed E-state index contributed by atoms with van der Waals surface area (Å²) in [7, 11) is 5.26. The topological polar surface area (TPSA) is 170 Å². The number of likely N-dealkylation sites (N-methyl/N-ethyl adjacent to an activating group) is 1. The summed E-state index contributed by atoms with van der Waals surface area (Å²) >= 11 is 0. The van der Waals surface area contributed by atoms with Crippen molar-refractivity contribution < 1.29 is 43.2 Å². The number of aliphatic hydroxyl groups excluding tert-OH is 1. The Labute approximate surface area is 309 Å². The van der Waals surface area contributed by atoms with E-state index in [9.17, 15) is 29.1 Å². The van der Waals surface area contributed by atoms with Crippen LogP contribution in [0.1, 0.15) is 31.7 Å². The van der Waals surface area contributed by atoms with Crippen LogP contribution in [0.5, 0.6) is 23.0 Å². The van der Waals surface area contributed by atoms with Gasteiger partial charge in [0.2, 0.25) is 18.6 Å². The van der Waals surface area contributed by atoms with Crippen molar-refractivity contribution in [3.63, 3.8) is 0 Å². The minimum absolute atomic E-state index is 0.0237. The van der Waals surface area contributed by atoms with Gasteiger partial charge in [-0.25, -0.2) is 4.79 Å². The lowest BCUT2D eigenvalue weighted by Gasteiger charge is -2.21. The first-order chi connectivity index (χ1) is 25.9. The molecule has 1 saturated heterocycles. The first-order valence-electron chi connectivity index (χ1n) is 17.5. The van der Waals surface area contributed by atoms with Gasteiger partial charge in [0, 0.05) is 74.0 Å². The predicted octanol–water partition coefficient (Wildman–Crippen LogP) is 4.20. The Balaban J connectivity index is 1.17. The number of imide groups is 1. The quantitative estimate of drug-likeness (QED) is 0.0889. The summed E-state index contributed by atoms with van der Waals surface area (Å²) in [5, 5.41) is 12.6. The first kappa shape index (κ1) is 36.3. The van der Waals surface area contributed by atoms with E-state index in [-0.39, 0.29) is 84.0 Å². The normalized spacial score (nSPS) is 15.2. The van der Waals surface area contributed by atoms with E-state index in [0.29, 0.717) is 51.8 Å². The molecule has 54 heavy (non-hydrogen) atoms. The predicted molar refractivity (Wildman–Crippen MR) is 198 cm³/mol. The van der Waals surface area contributed by atoms with Crippen molar-refractivity contribution >= 4 is 62.1 Å². The Kier molecular flexibility index (Phi) is 9.92. The van der Waals surface area contributed by atoms with E-state index >= 15 is 0 Å². The van der Waals surface area contributed by atoms with Crippen LogP contribution in [0.3, 0.4) is 0 Å². The Morgan fingerprint density at radius 3 is 2.41 bits per heavy atom. The van der Waals surface area contributed by atoms with Crippen LogP contribution in [-0.4, -0.2) is 89.4 Å². The van der Waals surface area contributed by atoms with Crippen molar-refractivity contribution in [3.8, 4) is 23.0 Å². The van der Waals surface area contributed by atoms with Crippen LogP contribution in [-0.2, 0) is 27.5 Å². The van der Waals surface area contributed by atoms with Crippen LogP contribution >= 0.6 is 0 Å². The fraction of sp³-hybridized carbons (Fsp3) is 0.333. The van der Waals surface area contributed by atoms with E-state index in [0.717, 1.165) is 4.90 Å². The van der Waals surface area contributed by atoms with Gasteiger partial charge >= 0.3 is 12.1 Å². The number of aliphatic hydroxyl groups is 1. The van der Waals surface area contributed by atoms with Crippen molar-refractivity contribution in [2.24, 2.45) is 5.92 Å². The summed E-state index contributed by atoms with van der Waals surface area (Å²) < 4.78 is 24.3. The third-order valence-electron chi connectivity index (χ3n) is 9.66. The number of likely N-dealkylation sites (tertiary alicyclic amines) is 1. The van der Waals surface area contributed by atoms with Gasteiger partial charge in [-0.15, -0.1) is 0 Å². The second-order valence-electron chi connectivity index (χ2n) is 13.6. The molecular weight excluding hydrogens is 698 g/mol. The van der Waals surface area contributed by atoms with E-state index in [1.54, 1.807) is 48.0 Å². The summed E-state index contributed by atoms with van der Waals surface area (Å²) in [4.78, 5) is 74.0. The summed E-state index contributed by atoms with van der Waals surface area (Å²) in [6.07, 6.45) is 1.12. The van der Waals surface area contributed by atoms with Crippen LogP contribution in [0.4, 0.5) is 10.5 Å². The zero-order valence-corrected chi connectivity index (χ0v) is 30.3. The third kappa shape index (κ3) is 6.78. The number of rotatable bonds is 11. The summed E-state index contributed by atoms with van der Waals surface area (Å²) in [6, 6.07) is 13.1. The van der Waals surface area contributed by atoms with Gasteiger partial charge in [0.15, 0.2) is 17.2 Å². The van der Waals surface area contributed by atoms with Gasteiger partial charge in [-0.1, -0.05) is 19.1 Å². The zero-order chi connectivity index (χ0) is 38.3. The molecule has 3 aromatic carbocycles. The Bertz CT molecular complexity index is 2410. The average Bonchev–Trinajstić information content (AvgIpc) is 3.71. The molecular formula is C39H39N5O10. The molecule has 280 valence electrons. The lowest BCUT2D eigenvalue weighted by molar-refractivity contribution is -0.140. The van der Waals surface area contributed by atoms with Gasteiger partial charge in [-0.3, -0.25) is 34.0 Å². The van der Waals surface area contributed by atoms with Crippen LogP contribution in [0.15, 0.2) is 59.5 Å². The summed E-state index contributed by atoms with van der Waals surface area (Å²) in [6.45, 7) is 2.28. The maximum atomic E-state index is 14.3. The van der Waals surface area contributed by atoms with Crippen molar-refractivity contribution in [3.05, 3.63) is 70.6 Å². The highest BCUT2D eigenvalue weighted by molar-refractivity contribution is 6.15. The average molecular weight is 738 g/mol. The Morgan fingerprint density at radius 2 is 1.69 bits per heavy atom. The second-order valence-corrected chi connectivity index (χ2v) is 13.6. The monoisotopic (exact) mass is 737 g/mol. The molecule has 2 aliphatic rings. The highest BCUT2D eigenvalue weighted by Gasteiger charge is 2.35. The standard InChI is InChI=1S/C39H39N5O10/c1-22-14-34(46)43(37(22)48)11-7-10-35(47)53-30-9-6-5-8-29(30)42(4)39(50)54-31-16-25-24(15-23(31)20-45)27-19-40-28-18-33-32(51-21-52-33)17-26(28)36(27)44(38(25)49)13-12-41(2)3/h5-6,8-9,15-19,22,45H,7,10-14,20-21H2,1-4H3. The molecule has 1 atom stereocenters. The number of esters is 1. The molecule has 5 aromatic rings. The minimum Gasteiger partial charge on any atom is -0.454 e. The molecule has 0 aliphatic carbocycles. The molecule has 0 spiro atoms. The number of hydrogen-bond acceptors (Lipinski definition) is 12. The maximum Gasteiger partial charge on any atom is 0.419 e. The van der Waals surface area contributed by atoms with Gasteiger partial charge in [-0.05, 0) is 56.2 Å². The van der Waals surface area contributed by atoms with Gasteiger partial charge in [0.25, 0.3) is 5.56 Å². The number of fused-ring (bicyclic) bond motifs is 6. The number of benzene rings is 3. The van der Waals surface area contributed by atoms with E-state index in [4.69, 9.17) is 18.9 Å². The number of nitrogens with zero attached hydrogens (tertiary/aromatic N) is 5. The van der Waals surface area contributed by atoms with Gasteiger partial charge in [0.1, 0.15) is 5.75 Å². The largest absolute Gasteiger partial charge is 0.454 e. The van der Waals surface area contributed by atoms with Crippen LogP contribution < -0.4 is 29.4 Å². The lowest BCUT2D eigenvalue weighted by atomic mass is 10.0. The molecule has 1 N–H and O–H groups in total. The number of carbonyl (C=O) groups is 4. The van der Waals surface area contributed by atoms with E-state index in [1.165, 1.54) is 24.1 Å². The lowest BCUT2D eigenvalue weighted by Crippen LogP contribution is -2.32. The van der Waals surface area contributed by atoms with Gasteiger partial charge in [0.05, 0.1) is 28.7 Å². The van der Waals surface area contributed by atoms with Crippen LogP contribution in [0.2, 0.25) is 0 Å². The maximum absolute atomic E-state index is 14.3. The van der Waals surface area contributed by atoms with Crippen LogP contribution in [0, 0.1) is 5.92 Å². The molecule has 2 aromatic heterocycles. The number of anilines is 1. The number of pyridine rings is 2. The number of ether oxygens (including phenoxy) is 4. The first-order valence-corrected chi connectivity index (χ1v) is 17.5. The molecule has 15 heteroatoms. The smallest absolute Gasteiger partial charge is 0.419 e. The molecule has 0 saturated carbocycles. The number of para-hydroxylation sites is 2. The van der Waals surface area contributed by atoms with Crippen molar-refractivity contribution in [2.75, 3.05) is 45.9 Å². The van der Waals surface area contributed by atoms with E-state index in [1.807, 2.05) is 25.1 Å². The molecule has 0 radical (unpaired) electrons. The van der Waals surface area contributed by atoms with Crippen LogP contribution in [0.25, 0.3) is 32.6 Å².